The molecule has 1 aromatic carbocycles. The molecule has 0 atom stereocenters. The Labute approximate surface area is 118 Å². The molecule has 20 heavy (non-hydrogen) atoms. The van der Waals surface area contributed by atoms with E-state index < -0.39 is 0 Å². The lowest BCUT2D eigenvalue weighted by Gasteiger charge is -2.06. The summed E-state index contributed by atoms with van der Waals surface area (Å²) in [7, 11) is 0. The van der Waals surface area contributed by atoms with E-state index in [-0.39, 0.29) is 5.91 Å². The number of aromatic amines is 1. The van der Waals surface area contributed by atoms with Gasteiger partial charge in [0.1, 0.15) is 5.82 Å². The minimum atomic E-state index is -0.0966. The molecule has 5 nitrogen and oxygen atoms in total. The number of hydrogen-bond donors (Lipinski definition) is 3. The maximum absolute atomic E-state index is 11.7. The van der Waals surface area contributed by atoms with E-state index in [1.54, 1.807) is 24.4 Å². The number of anilines is 1. The fourth-order valence-electron chi connectivity index (χ4n) is 1.77. The van der Waals surface area contributed by atoms with Gasteiger partial charge in [0.05, 0.1) is 18.4 Å². The predicted octanol–water partition coefficient (Wildman–Crippen LogP) is 2.25. The topological polar surface area (TPSA) is 69.8 Å². The van der Waals surface area contributed by atoms with Crippen molar-refractivity contribution >= 4 is 11.6 Å². The number of carbonyl (C=O) groups excluding carboxylic acids is 1. The molecule has 0 aliphatic heterocycles. The second-order valence-corrected chi connectivity index (χ2v) is 4.42. The van der Waals surface area contributed by atoms with Crippen molar-refractivity contribution < 1.29 is 4.79 Å². The van der Waals surface area contributed by atoms with Crippen molar-refractivity contribution in [3.63, 3.8) is 0 Å². The summed E-state index contributed by atoms with van der Waals surface area (Å²) in [6.07, 6.45) is 3.46. The van der Waals surface area contributed by atoms with E-state index in [0.717, 1.165) is 17.2 Å². The van der Waals surface area contributed by atoms with Gasteiger partial charge in [-0.25, -0.2) is 4.98 Å². The van der Waals surface area contributed by atoms with Crippen LogP contribution in [0.5, 0.6) is 0 Å². The van der Waals surface area contributed by atoms with E-state index >= 15 is 0 Å². The van der Waals surface area contributed by atoms with Crippen molar-refractivity contribution in [3.8, 4) is 0 Å². The first-order valence-electron chi connectivity index (χ1n) is 6.42. The number of nitrogens with zero attached hydrogens (tertiary/aromatic N) is 1. The van der Waals surface area contributed by atoms with Crippen LogP contribution in [0.3, 0.4) is 0 Å². The Hall–Kier alpha value is -2.56. The van der Waals surface area contributed by atoms with Crippen molar-refractivity contribution in [2.75, 3.05) is 11.9 Å². The van der Waals surface area contributed by atoms with Gasteiger partial charge in [-0.05, 0) is 31.2 Å². The number of hydrogen-bond acceptors (Lipinski definition) is 3. The molecule has 5 heteroatoms. The Morgan fingerprint density at radius 2 is 2.15 bits per heavy atom. The molecule has 0 spiro atoms. The molecule has 0 saturated carbocycles. The van der Waals surface area contributed by atoms with Gasteiger partial charge in [0.2, 0.25) is 0 Å². The molecule has 0 unspecified atom stereocenters. The van der Waals surface area contributed by atoms with Gasteiger partial charge in [-0.1, -0.05) is 6.08 Å². The third kappa shape index (κ3) is 3.71. The maximum atomic E-state index is 11.7. The average molecular weight is 270 g/mol. The molecule has 0 radical (unpaired) electrons. The highest BCUT2D eigenvalue weighted by molar-refractivity contribution is 5.94. The fourth-order valence-corrected chi connectivity index (χ4v) is 1.77. The van der Waals surface area contributed by atoms with Gasteiger partial charge in [0.25, 0.3) is 5.91 Å². The Morgan fingerprint density at radius 1 is 1.40 bits per heavy atom. The number of imidazole rings is 1. The minimum Gasteiger partial charge on any atom is -0.379 e. The number of carbonyl (C=O) groups is 1. The normalized spacial score (nSPS) is 10.1. The van der Waals surface area contributed by atoms with Crippen LogP contribution >= 0.6 is 0 Å². The van der Waals surface area contributed by atoms with E-state index in [0.29, 0.717) is 18.7 Å². The number of rotatable bonds is 6. The maximum Gasteiger partial charge on any atom is 0.251 e. The zero-order valence-electron chi connectivity index (χ0n) is 11.4. The fraction of sp³-hybridized carbons (Fsp3) is 0.200. The van der Waals surface area contributed by atoms with Crippen LogP contribution in [0.25, 0.3) is 0 Å². The average Bonchev–Trinajstić information content (AvgIpc) is 2.89. The Balaban J connectivity index is 1.91. The molecule has 0 bridgehead atoms. The number of aryl methyl sites for hydroxylation is 1. The quantitative estimate of drug-likeness (QED) is 0.705. The van der Waals surface area contributed by atoms with Crippen molar-refractivity contribution in [2.24, 2.45) is 0 Å². The first kappa shape index (κ1) is 13.9. The monoisotopic (exact) mass is 270 g/mol. The number of H-pyrrole nitrogens is 1. The van der Waals surface area contributed by atoms with Crippen LogP contribution in [0.15, 0.2) is 43.1 Å². The van der Waals surface area contributed by atoms with E-state index in [9.17, 15) is 4.79 Å². The number of aromatic nitrogens is 2. The summed E-state index contributed by atoms with van der Waals surface area (Å²) in [6.45, 7) is 6.62. The van der Waals surface area contributed by atoms with Crippen molar-refractivity contribution in [2.45, 2.75) is 13.5 Å². The highest BCUT2D eigenvalue weighted by Gasteiger charge is 2.03. The Bertz CT molecular complexity index is 586. The Morgan fingerprint density at radius 3 is 2.75 bits per heavy atom. The van der Waals surface area contributed by atoms with Gasteiger partial charge in [-0.15, -0.1) is 6.58 Å². The van der Waals surface area contributed by atoms with Crippen molar-refractivity contribution in [3.05, 3.63) is 60.2 Å². The van der Waals surface area contributed by atoms with Crippen LogP contribution in [-0.2, 0) is 6.54 Å². The van der Waals surface area contributed by atoms with E-state index in [1.165, 1.54) is 0 Å². The molecule has 3 N–H and O–H groups in total. The zero-order valence-corrected chi connectivity index (χ0v) is 11.4. The summed E-state index contributed by atoms with van der Waals surface area (Å²) < 4.78 is 0. The molecule has 0 aliphatic rings. The lowest BCUT2D eigenvalue weighted by molar-refractivity contribution is 0.0958. The summed E-state index contributed by atoms with van der Waals surface area (Å²) in [5, 5.41) is 6.00. The minimum absolute atomic E-state index is 0.0966. The molecule has 1 aromatic heterocycles. The van der Waals surface area contributed by atoms with Crippen molar-refractivity contribution in [1.29, 1.82) is 0 Å². The van der Waals surface area contributed by atoms with Crippen molar-refractivity contribution in [1.82, 2.24) is 15.3 Å². The first-order chi connectivity index (χ1) is 9.69. The van der Waals surface area contributed by atoms with Gasteiger partial charge < -0.3 is 15.6 Å². The molecular formula is C15H18N4O. The second kappa shape index (κ2) is 6.56. The van der Waals surface area contributed by atoms with Gasteiger partial charge >= 0.3 is 0 Å². The SMILES string of the molecule is C=CCNC(=O)c1ccc(NCc2cnc(C)[nH]2)cc1. The predicted molar refractivity (Wildman–Crippen MR) is 79.6 cm³/mol. The summed E-state index contributed by atoms with van der Waals surface area (Å²) in [5.41, 5.74) is 2.61. The lowest BCUT2D eigenvalue weighted by Crippen LogP contribution is -2.23. The standard InChI is InChI=1S/C15H18N4O/c1-3-8-16-15(20)12-4-6-13(7-5-12)18-10-14-9-17-11(2)19-14/h3-7,9,18H,1,8,10H2,2H3,(H,16,20)(H,17,19). The third-order valence-electron chi connectivity index (χ3n) is 2.79. The summed E-state index contributed by atoms with van der Waals surface area (Å²) in [5.74, 6) is 0.802. The van der Waals surface area contributed by atoms with Crippen LogP contribution in [0.2, 0.25) is 0 Å². The highest BCUT2D eigenvalue weighted by Crippen LogP contribution is 2.10. The number of benzene rings is 1. The molecular weight excluding hydrogens is 252 g/mol. The second-order valence-electron chi connectivity index (χ2n) is 4.42. The summed E-state index contributed by atoms with van der Waals surface area (Å²) in [6, 6.07) is 7.34. The van der Waals surface area contributed by atoms with Gasteiger partial charge in [0.15, 0.2) is 0 Å². The molecule has 0 aliphatic carbocycles. The first-order valence-corrected chi connectivity index (χ1v) is 6.42. The van der Waals surface area contributed by atoms with E-state index in [4.69, 9.17) is 0 Å². The van der Waals surface area contributed by atoms with Crippen LogP contribution in [0.4, 0.5) is 5.69 Å². The number of nitrogens with one attached hydrogen (secondary N) is 3. The van der Waals surface area contributed by atoms with Gasteiger partial charge in [-0.2, -0.15) is 0 Å². The molecule has 0 fully saturated rings. The molecule has 1 heterocycles. The molecule has 104 valence electrons. The molecule has 1 amide bonds. The van der Waals surface area contributed by atoms with Gasteiger partial charge in [0, 0.05) is 17.8 Å². The smallest absolute Gasteiger partial charge is 0.251 e. The van der Waals surface area contributed by atoms with E-state index in [2.05, 4.69) is 27.2 Å². The summed E-state index contributed by atoms with van der Waals surface area (Å²) in [4.78, 5) is 19.0. The van der Waals surface area contributed by atoms with Gasteiger partial charge in [-0.3, -0.25) is 4.79 Å². The number of amides is 1. The zero-order chi connectivity index (χ0) is 14.4. The largest absolute Gasteiger partial charge is 0.379 e. The summed E-state index contributed by atoms with van der Waals surface area (Å²) >= 11 is 0. The molecule has 0 saturated heterocycles. The highest BCUT2D eigenvalue weighted by atomic mass is 16.1. The van der Waals surface area contributed by atoms with Crippen LogP contribution in [-0.4, -0.2) is 22.4 Å². The van der Waals surface area contributed by atoms with Crippen LogP contribution in [0.1, 0.15) is 21.9 Å². The lowest BCUT2D eigenvalue weighted by atomic mass is 10.2. The van der Waals surface area contributed by atoms with Crippen LogP contribution < -0.4 is 10.6 Å². The molecule has 2 rings (SSSR count). The van der Waals surface area contributed by atoms with Crippen LogP contribution in [0, 0.1) is 6.92 Å². The third-order valence-corrected chi connectivity index (χ3v) is 2.79. The van der Waals surface area contributed by atoms with E-state index in [1.807, 2.05) is 19.1 Å². The molecule has 2 aromatic rings. The Kier molecular flexibility index (Phi) is 4.55.